The SMILES string of the molecule is O=C(NCCCOc1ccc(Cc2ccccc2)cc1)C1CCCNC1. The van der Waals surface area contributed by atoms with E-state index in [1.54, 1.807) is 0 Å². The van der Waals surface area contributed by atoms with Gasteiger partial charge in [-0.15, -0.1) is 0 Å². The molecule has 0 radical (unpaired) electrons. The molecular formula is C22H28N2O2. The van der Waals surface area contributed by atoms with Gasteiger partial charge in [0.25, 0.3) is 0 Å². The van der Waals surface area contributed by atoms with Crippen LogP contribution in [0.15, 0.2) is 54.6 Å². The lowest BCUT2D eigenvalue weighted by Crippen LogP contribution is -2.40. The van der Waals surface area contributed by atoms with E-state index in [1.807, 2.05) is 18.2 Å². The summed E-state index contributed by atoms with van der Waals surface area (Å²) in [6.07, 6.45) is 3.83. The fourth-order valence-corrected chi connectivity index (χ4v) is 3.23. The molecule has 2 N–H and O–H groups in total. The Morgan fingerprint density at radius 1 is 1.08 bits per heavy atom. The smallest absolute Gasteiger partial charge is 0.224 e. The first-order valence-corrected chi connectivity index (χ1v) is 9.55. The number of carbonyl (C=O) groups excluding carboxylic acids is 1. The molecule has 1 fully saturated rings. The predicted octanol–water partition coefficient (Wildman–Crippen LogP) is 3.16. The fourth-order valence-electron chi connectivity index (χ4n) is 3.23. The summed E-state index contributed by atoms with van der Waals surface area (Å²) in [5.74, 6) is 1.17. The van der Waals surface area contributed by atoms with Crippen LogP contribution in [0.5, 0.6) is 5.75 Å². The van der Waals surface area contributed by atoms with E-state index in [1.165, 1.54) is 11.1 Å². The van der Waals surface area contributed by atoms with Crippen molar-refractivity contribution < 1.29 is 9.53 Å². The average molecular weight is 352 g/mol. The molecule has 1 atom stereocenters. The predicted molar refractivity (Wildman–Crippen MR) is 104 cm³/mol. The van der Waals surface area contributed by atoms with Crippen LogP contribution in [0.2, 0.25) is 0 Å². The number of ether oxygens (including phenoxy) is 1. The molecule has 1 aliphatic rings. The van der Waals surface area contributed by atoms with E-state index in [4.69, 9.17) is 4.74 Å². The molecule has 4 nitrogen and oxygen atoms in total. The van der Waals surface area contributed by atoms with Crippen molar-refractivity contribution in [3.05, 3.63) is 65.7 Å². The van der Waals surface area contributed by atoms with Crippen LogP contribution in [0.3, 0.4) is 0 Å². The normalized spacial score (nSPS) is 16.8. The van der Waals surface area contributed by atoms with E-state index < -0.39 is 0 Å². The molecule has 2 aromatic carbocycles. The van der Waals surface area contributed by atoms with E-state index in [0.717, 1.165) is 44.5 Å². The summed E-state index contributed by atoms with van der Waals surface area (Å²) in [4.78, 5) is 12.0. The molecule has 26 heavy (non-hydrogen) atoms. The molecule has 0 aromatic heterocycles. The number of hydrogen-bond acceptors (Lipinski definition) is 3. The van der Waals surface area contributed by atoms with Crippen LogP contribution in [0.25, 0.3) is 0 Å². The maximum absolute atomic E-state index is 12.0. The van der Waals surface area contributed by atoms with Crippen molar-refractivity contribution in [2.24, 2.45) is 5.92 Å². The highest BCUT2D eigenvalue weighted by Crippen LogP contribution is 2.15. The van der Waals surface area contributed by atoms with Gasteiger partial charge in [-0.2, -0.15) is 0 Å². The molecule has 0 saturated carbocycles. The Hall–Kier alpha value is -2.33. The zero-order valence-corrected chi connectivity index (χ0v) is 15.2. The third-order valence-corrected chi connectivity index (χ3v) is 4.73. The number of hydrogen-bond donors (Lipinski definition) is 2. The van der Waals surface area contributed by atoms with Crippen molar-refractivity contribution in [3.8, 4) is 5.75 Å². The standard InChI is InChI=1S/C22H28N2O2/c25-22(20-8-4-13-23-17-20)24-14-5-15-26-21-11-9-19(10-12-21)16-18-6-2-1-3-7-18/h1-3,6-7,9-12,20,23H,4-5,8,13-17H2,(H,24,25). The van der Waals surface area contributed by atoms with Crippen molar-refractivity contribution in [1.29, 1.82) is 0 Å². The van der Waals surface area contributed by atoms with Crippen molar-refractivity contribution in [3.63, 3.8) is 0 Å². The van der Waals surface area contributed by atoms with Crippen LogP contribution in [0.4, 0.5) is 0 Å². The molecule has 1 aliphatic heterocycles. The number of piperidine rings is 1. The van der Waals surface area contributed by atoms with E-state index >= 15 is 0 Å². The summed E-state index contributed by atoms with van der Waals surface area (Å²) < 4.78 is 5.77. The molecule has 138 valence electrons. The van der Waals surface area contributed by atoms with Crippen molar-refractivity contribution in [2.75, 3.05) is 26.2 Å². The molecule has 0 spiro atoms. The molecule has 2 aromatic rings. The highest BCUT2D eigenvalue weighted by molar-refractivity contribution is 5.78. The minimum absolute atomic E-state index is 0.127. The van der Waals surface area contributed by atoms with E-state index in [2.05, 4.69) is 47.0 Å². The molecular weight excluding hydrogens is 324 g/mol. The zero-order valence-electron chi connectivity index (χ0n) is 15.2. The topological polar surface area (TPSA) is 50.4 Å². The molecule has 1 unspecified atom stereocenters. The number of carbonyl (C=O) groups is 1. The molecule has 0 aliphatic carbocycles. The van der Waals surface area contributed by atoms with Crippen LogP contribution in [0.1, 0.15) is 30.4 Å². The first-order chi connectivity index (χ1) is 12.8. The molecule has 1 saturated heterocycles. The highest BCUT2D eigenvalue weighted by atomic mass is 16.5. The van der Waals surface area contributed by atoms with Gasteiger partial charge in [0, 0.05) is 13.1 Å². The monoisotopic (exact) mass is 352 g/mol. The van der Waals surface area contributed by atoms with Gasteiger partial charge in [0.1, 0.15) is 5.75 Å². The minimum Gasteiger partial charge on any atom is -0.494 e. The highest BCUT2D eigenvalue weighted by Gasteiger charge is 2.19. The summed E-state index contributed by atoms with van der Waals surface area (Å²) in [6.45, 7) is 3.11. The molecule has 3 rings (SSSR count). The largest absolute Gasteiger partial charge is 0.494 e. The van der Waals surface area contributed by atoms with Crippen LogP contribution in [-0.2, 0) is 11.2 Å². The molecule has 4 heteroatoms. The third-order valence-electron chi connectivity index (χ3n) is 4.73. The quantitative estimate of drug-likeness (QED) is 0.718. The van der Waals surface area contributed by atoms with Crippen molar-refractivity contribution >= 4 is 5.91 Å². The Bertz CT molecular complexity index is 664. The van der Waals surface area contributed by atoms with Gasteiger partial charge in [-0.05, 0) is 55.5 Å². The summed E-state index contributed by atoms with van der Waals surface area (Å²) in [5.41, 5.74) is 2.59. The minimum atomic E-state index is 0.127. The lowest BCUT2D eigenvalue weighted by atomic mass is 9.99. The Balaban J connectivity index is 1.33. The zero-order chi connectivity index (χ0) is 18.0. The van der Waals surface area contributed by atoms with Crippen LogP contribution >= 0.6 is 0 Å². The van der Waals surface area contributed by atoms with Gasteiger partial charge in [-0.1, -0.05) is 42.5 Å². The van der Waals surface area contributed by atoms with Crippen molar-refractivity contribution in [2.45, 2.75) is 25.7 Å². The van der Waals surface area contributed by atoms with E-state index in [-0.39, 0.29) is 11.8 Å². The Morgan fingerprint density at radius 3 is 2.58 bits per heavy atom. The lowest BCUT2D eigenvalue weighted by Gasteiger charge is -2.21. The number of nitrogens with one attached hydrogen (secondary N) is 2. The number of amides is 1. The van der Waals surface area contributed by atoms with Crippen LogP contribution in [-0.4, -0.2) is 32.1 Å². The fraction of sp³-hybridized carbons (Fsp3) is 0.409. The van der Waals surface area contributed by atoms with Gasteiger partial charge in [0.2, 0.25) is 5.91 Å². The van der Waals surface area contributed by atoms with Crippen LogP contribution < -0.4 is 15.4 Å². The maximum Gasteiger partial charge on any atom is 0.224 e. The summed E-state index contributed by atoms with van der Waals surface area (Å²) in [7, 11) is 0. The van der Waals surface area contributed by atoms with Gasteiger partial charge >= 0.3 is 0 Å². The summed E-state index contributed by atoms with van der Waals surface area (Å²) in [6, 6.07) is 18.7. The second-order valence-corrected chi connectivity index (χ2v) is 6.84. The number of benzene rings is 2. The molecule has 1 amide bonds. The maximum atomic E-state index is 12.0. The first-order valence-electron chi connectivity index (χ1n) is 9.55. The third kappa shape index (κ3) is 5.88. The van der Waals surface area contributed by atoms with E-state index in [9.17, 15) is 4.79 Å². The second-order valence-electron chi connectivity index (χ2n) is 6.84. The van der Waals surface area contributed by atoms with Gasteiger partial charge in [0.05, 0.1) is 12.5 Å². The average Bonchev–Trinajstić information content (AvgIpc) is 2.70. The van der Waals surface area contributed by atoms with Crippen molar-refractivity contribution in [1.82, 2.24) is 10.6 Å². The Morgan fingerprint density at radius 2 is 1.85 bits per heavy atom. The van der Waals surface area contributed by atoms with E-state index in [0.29, 0.717) is 13.2 Å². The Labute approximate surface area is 156 Å². The van der Waals surface area contributed by atoms with Gasteiger partial charge in [-0.25, -0.2) is 0 Å². The number of rotatable bonds is 8. The van der Waals surface area contributed by atoms with Crippen LogP contribution in [0, 0.1) is 5.92 Å². The molecule has 1 heterocycles. The summed E-state index contributed by atoms with van der Waals surface area (Å²) >= 11 is 0. The van der Waals surface area contributed by atoms with Gasteiger partial charge < -0.3 is 15.4 Å². The van der Waals surface area contributed by atoms with Gasteiger partial charge in [0.15, 0.2) is 0 Å². The lowest BCUT2D eigenvalue weighted by molar-refractivity contribution is -0.125. The Kier molecular flexibility index (Phi) is 7.08. The first kappa shape index (κ1) is 18.5. The summed E-state index contributed by atoms with van der Waals surface area (Å²) in [5, 5.41) is 6.29. The second kappa shape index (κ2) is 9.97. The van der Waals surface area contributed by atoms with Gasteiger partial charge in [-0.3, -0.25) is 4.79 Å². The molecule has 0 bridgehead atoms.